The van der Waals surface area contributed by atoms with Gasteiger partial charge in [-0.15, -0.1) is 0 Å². The zero-order chi connectivity index (χ0) is 16.9. The van der Waals surface area contributed by atoms with E-state index in [4.69, 9.17) is 21.9 Å². The molecule has 0 saturated carbocycles. The van der Waals surface area contributed by atoms with Gasteiger partial charge in [-0.2, -0.15) is 8.42 Å². The molecule has 0 unspecified atom stereocenters. The largest absolute Gasteiger partial charge is 1.00 e. The van der Waals surface area contributed by atoms with Crippen molar-refractivity contribution in [1.29, 1.82) is 0 Å². The second-order valence-corrected chi connectivity index (χ2v) is 5.44. The molecule has 7 nitrogen and oxygen atoms in total. The fourth-order valence-corrected chi connectivity index (χ4v) is 2.10. The molecule has 0 aliphatic rings. The molecular formula is C14H20NNaO6S. The first-order valence-corrected chi connectivity index (χ1v) is 8.04. The van der Waals surface area contributed by atoms with E-state index in [0.717, 1.165) is 29.7 Å². The summed E-state index contributed by atoms with van der Waals surface area (Å²) in [7, 11) is -4.67. The fourth-order valence-electron chi connectivity index (χ4n) is 2.10. The van der Waals surface area contributed by atoms with Gasteiger partial charge in [0.2, 0.25) is 0 Å². The Hall–Kier alpha value is -0.900. The Balaban J connectivity index is 0. The van der Waals surface area contributed by atoms with E-state index in [1.807, 2.05) is 19.1 Å². The van der Waals surface area contributed by atoms with Crippen LogP contribution in [0.2, 0.25) is 0 Å². The monoisotopic (exact) mass is 353 g/mol. The van der Waals surface area contributed by atoms with Gasteiger partial charge in [-0.3, -0.25) is 9.11 Å². The van der Waals surface area contributed by atoms with E-state index in [-0.39, 0.29) is 36.6 Å². The zero-order valence-corrected chi connectivity index (χ0v) is 16.4. The Morgan fingerprint density at radius 1 is 1.17 bits per heavy atom. The Bertz CT molecular complexity index is 797. The molecule has 23 heavy (non-hydrogen) atoms. The van der Waals surface area contributed by atoms with E-state index in [9.17, 15) is 4.79 Å². The third-order valence-electron chi connectivity index (χ3n) is 3.06. The average molecular weight is 353 g/mol. The summed E-state index contributed by atoms with van der Waals surface area (Å²) >= 11 is 0. The smallest absolute Gasteiger partial charge is 1.00 e. The number of rotatable bonds is 3. The number of fused-ring (bicyclic) bond motifs is 1. The van der Waals surface area contributed by atoms with Gasteiger partial charge in [0.1, 0.15) is 5.58 Å². The SMILES string of the molecule is CCN(CC)c1ccc2c(C)cc(=O)oc2c1.O=S(=O)(O)O.[H-].[Na+]. The van der Waals surface area contributed by atoms with Crippen molar-refractivity contribution in [2.45, 2.75) is 20.8 Å². The van der Waals surface area contributed by atoms with Crippen molar-refractivity contribution in [2.24, 2.45) is 0 Å². The molecule has 0 saturated heterocycles. The Morgan fingerprint density at radius 2 is 1.70 bits per heavy atom. The minimum Gasteiger partial charge on any atom is -1.00 e. The maximum Gasteiger partial charge on any atom is 1.00 e. The summed E-state index contributed by atoms with van der Waals surface area (Å²) in [5, 5.41) is 1.00. The molecule has 1 aromatic carbocycles. The second kappa shape index (κ2) is 9.41. The molecule has 1 heterocycles. The van der Waals surface area contributed by atoms with Crippen LogP contribution in [0.25, 0.3) is 11.0 Å². The molecule has 0 amide bonds. The van der Waals surface area contributed by atoms with Crippen molar-refractivity contribution >= 4 is 27.1 Å². The first-order chi connectivity index (χ1) is 10.2. The molecule has 2 rings (SSSR count). The van der Waals surface area contributed by atoms with Crippen LogP contribution >= 0.6 is 0 Å². The summed E-state index contributed by atoms with van der Waals surface area (Å²) in [6, 6.07) is 7.56. The van der Waals surface area contributed by atoms with Crippen LogP contribution in [0.5, 0.6) is 0 Å². The number of aryl methyl sites for hydroxylation is 1. The van der Waals surface area contributed by atoms with E-state index in [0.29, 0.717) is 5.58 Å². The van der Waals surface area contributed by atoms with E-state index < -0.39 is 10.4 Å². The standard InChI is InChI=1S/C14H17NO2.Na.H2O4S.H/c1-4-15(5-2)11-6-7-12-10(3)8-14(16)17-13(12)9-11;;1-5(2,3)4;/h6-9H,4-5H2,1-3H3;;(H2,1,2,3,4);/q;+1;;-1. The molecule has 2 aromatic rings. The topological polar surface area (TPSA) is 108 Å². The molecule has 9 heteroatoms. The van der Waals surface area contributed by atoms with Crippen LogP contribution in [0.1, 0.15) is 20.8 Å². The molecule has 124 valence electrons. The summed E-state index contributed by atoms with van der Waals surface area (Å²) in [5.74, 6) is 0. The van der Waals surface area contributed by atoms with Gasteiger partial charge in [-0.05, 0) is 38.5 Å². The second-order valence-electron chi connectivity index (χ2n) is 4.55. The van der Waals surface area contributed by atoms with Crippen LogP contribution in [-0.2, 0) is 10.4 Å². The van der Waals surface area contributed by atoms with Gasteiger partial charge in [-0.25, -0.2) is 4.79 Å². The van der Waals surface area contributed by atoms with Crippen molar-refractivity contribution < 1.29 is 52.9 Å². The van der Waals surface area contributed by atoms with Gasteiger partial charge in [0.15, 0.2) is 0 Å². The number of hydrogen-bond donors (Lipinski definition) is 2. The van der Waals surface area contributed by atoms with Crippen LogP contribution in [0.3, 0.4) is 0 Å². The Kier molecular flexibility index (Phi) is 9.04. The summed E-state index contributed by atoms with van der Waals surface area (Å²) in [6.45, 7) is 8.03. The van der Waals surface area contributed by atoms with Crippen LogP contribution in [0, 0.1) is 6.92 Å². The molecule has 1 aromatic heterocycles. The molecule has 0 fully saturated rings. The van der Waals surface area contributed by atoms with Gasteiger partial charge < -0.3 is 10.7 Å². The van der Waals surface area contributed by atoms with Crippen LogP contribution in [0.4, 0.5) is 5.69 Å². The maximum absolute atomic E-state index is 11.3. The Labute approximate surface area is 158 Å². The minimum absolute atomic E-state index is 0. The molecular weight excluding hydrogens is 333 g/mol. The van der Waals surface area contributed by atoms with E-state index >= 15 is 0 Å². The fraction of sp³-hybridized carbons (Fsp3) is 0.357. The molecule has 0 aliphatic heterocycles. The maximum atomic E-state index is 11.3. The number of nitrogens with zero attached hydrogens (tertiary/aromatic N) is 1. The van der Waals surface area contributed by atoms with Crippen molar-refractivity contribution in [3.05, 3.63) is 40.2 Å². The first kappa shape index (κ1) is 22.1. The van der Waals surface area contributed by atoms with E-state index in [1.54, 1.807) is 0 Å². The van der Waals surface area contributed by atoms with Gasteiger partial charge in [0.25, 0.3) is 0 Å². The summed E-state index contributed by atoms with van der Waals surface area (Å²) in [5.41, 5.74) is 2.43. The Morgan fingerprint density at radius 3 is 2.17 bits per heavy atom. The third kappa shape index (κ3) is 7.47. The summed E-state index contributed by atoms with van der Waals surface area (Å²) in [4.78, 5) is 13.6. The third-order valence-corrected chi connectivity index (χ3v) is 3.06. The van der Waals surface area contributed by atoms with Gasteiger partial charge >= 0.3 is 45.6 Å². The molecule has 0 atom stereocenters. The summed E-state index contributed by atoms with van der Waals surface area (Å²) < 4.78 is 36.8. The number of anilines is 1. The molecule has 2 N–H and O–H groups in total. The van der Waals surface area contributed by atoms with E-state index in [2.05, 4.69) is 24.8 Å². The first-order valence-electron chi connectivity index (χ1n) is 6.65. The summed E-state index contributed by atoms with van der Waals surface area (Å²) in [6.07, 6.45) is 0. The van der Waals surface area contributed by atoms with Crippen LogP contribution in [0.15, 0.2) is 33.5 Å². The van der Waals surface area contributed by atoms with Crippen molar-refractivity contribution in [3.63, 3.8) is 0 Å². The molecule has 0 radical (unpaired) electrons. The predicted molar refractivity (Wildman–Crippen MR) is 86.1 cm³/mol. The number of hydrogen-bond acceptors (Lipinski definition) is 5. The molecule has 0 spiro atoms. The van der Waals surface area contributed by atoms with Gasteiger partial charge in [0, 0.05) is 36.3 Å². The number of benzene rings is 1. The van der Waals surface area contributed by atoms with Crippen LogP contribution in [-0.4, -0.2) is 30.6 Å². The molecule has 0 bridgehead atoms. The van der Waals surface area contributed by atoms with Gasteiger partial charge in [0.05, 0.1) is 0 Å². The minimum atomic E-state index is -4.67. The normalized spacial score (nSPS) is 10.5. The van der Waals surface area contributed by atoms with Gasteiger partial charge in [-0.1, -0.05) is 0 Å². The zero-order valence-electron chi connectivity index (χ0n) is 14.6. The van der Waals surface area contributed by atoms with Crippen LogP contribution < -0.4 is 40.1 Å². The van der Waals surface area contributed by atoms with Crippen molar-refractivity contribution in [2.75, 3.05) is 18.0 Å². The predicted octanol–water partition coefficient (Wildman–Crippen LogP) is -0.589. The average Bonchev–Trinajstić information content (AvgIpc) is 2.37. The van der Waals surface area contributed by atoms with Crippen molar-refractivity contribution in [3.8, 4) is 0 Å². The van der Waals surface area contributed by atoms with Crippen molar-refractivity contribution in [1.82, 2.24) is 0 Å². The van der Waals surface area contributed by atoms with E-state index in [1.165, 1.54) is 6.07 Å². The molecule has 0 aliphatic carbocycles. The quantitative estimate of drug-likeness (QED) is 0.431.